The van der Waals surface area contributed by atoms with E-state index >= 15 is 0 Å². The van der Waals surface area contributed by atoms with Gasteiger partial charge in [-0.05, 0) is 24.0 Å². The molecule has 2 unspecified atom stereocenters. The molecule has 1 aliphatic carbocycles. The van der Waals surface area contributed by atoms with Crippen LogP contribution in [0.4, 0.5) is 10.5 Å². The first-order chi connectivity index (χ1) is 9.08. The highest BCUT2D eigenvalue weighted by atomic mass is 16.4. The number of carboxylic acid groups (broad SMARTS) is 1. The molecule has 3 rings (SSSR count). The summed E-state index contributed by atoms with van der Waals surface area (Å²) in [7, 11) is 0. The largest absolute Gasteiger partial charge is 0.480 e. The third-order valence-electron chi connectivity index (χ3n) is 3.90. The van der Waals surface area contributed by atoms with Crippen LogP contribution in [0.2, 0.25) is 0 Å². The summed E-state index contributed by atoms with van der Waals surface area (Å²) in [5.41, 5.74) is 1.62. The second kappa shape index (κ2) is 4.26. The van der Waals surface area contributed by atoms with Gasteiger partial charge in [0.1, 0.15) is 6.04 Å². The zero-order valence-corrected chi connectivity index (χ0v) is 10.7. The van der Waals surface area contributed by atoms with Crippen LogP contribution >= 0.6 is 0 Å². The van der Waals surface area contributed by atoms with Gasteiger partial charge in [-0.2, -0.15) is 0 Å². The monoisotopic (exact) mass is 260 g/mol. The number of carboxylic acids is 1. The van der Waals surface area contributed by atoms with Gasteiger partial charge in [0.25, 0.3) is 0 Å². The van der Waals surface area contributed by atoms with Crippen molar-refractivity contribution in [2.24, 2.45) is 5.92 Å². The summed E-state index contributed by atoms with van der Waals surface area (Å²) in [6.07, 6.45) is 1.35. The molecular formula is C14H16N2O3. The number of amides is 2. The van der Waals surface area contributed by atoms with Crippen molar-refractivity contribution in [3.05, 3.63) is 29.8 Å². The van der Waals surface area contributed by atoms with Gasteiger partial charge in [0.2, 0.25) is 0 Å². The fourth-order valence-electron chi connectivity index (χ4n) is 2.59. The Kier molecular flexibility index (Phi) is 2.69. The van der Waals surface area contributed by atoms with Crippen LogP contribution in [0.1, 0.15) is 18.9 Å². The van der Waals surface area contributed by atoms with Gasteiger partial charge >= 0.3 is 12.0 Å². The van der Waals surface area contributed by atoms with Gasteiger partial charge in [-0.15, -0.1) is 0 Å². The lowest BCUT2D eigenvalue weighted by atomic mass is 10.1. The normalized spacial score (nSPS) is 27.8. The van der Waals surface area contributed by atoms with Crippen molar-refractivity contribution in [3.63, 3.8) is 0 Å². The standard InChI is InChI=1S/C14H16N2O3/c1-8-6-10(8)15-14(19)16-11-5-3-2-4-9(11)7-12(16)13(17)18/h2-5,8,10,12H,6-7H2,1H3,(H,15,19)(H,17,18)/t8?,10?,12-/m0/s1. The number of carbonyl (C=O) groups is 2. The summed E-state index contributed by atoms with van der Waals surface area (Å²) >= 11 is 0. The van der Waals surface area contributed by atoms with Crippen molar-refractivity contribution >= 4 is 17.7 Å². The van der Waals surface area contributed by atoms with E-state index in [0.29, 0.717) is 18.0 Å². The van der Waals surface area contributed by atoms with E-state index in [2.05, 4.69) is 12.2 Å². The molecule has 0 bridgehead atoms. The number of nitrogens with one attached hydrogen (secondary N) is 1. The number of carbonyl (C=O) groups excluding carboxylic acids is 1. The topological polar surface area (TPSA) is 69.6 Å². The quantitative estimate of drug-likeness (QED) is 0.849. The number of hydrogen-bond donors (Lipinski definition) is 2. The predicted molar refractivity (Wildman–Crippen MR) is 70.1 cm³/mol. The molecule has 0 radical (unpaired) electrons. The highest BCUT2D eigenvalue weighted by Gasteiger charge is 2.41. The molecule has 2 N–H and O–H groups in total. The number of hydrogen-bond acceptors (Lipinski definition) is 2. The molecule has 2 amide bonds. The van der Waals surface area contributed by atoms with Crippen molar-refractivity contribution in [3.8, 4) is 0 Å². The molecule has 1 fully saturated rings. The number of para-hydroxylation sites is 1. The number of aliphatic carboxylic acids is 1. The van der Waals surface area contributed by atoms with Crippen LogP contribution in [0, 0.1) is 5.92 Å². The Bertz CT molecular complexity index is 543. The first-order valence-corrected chi connectivity index (χ1v) is 6.48. The van der Waals surface area contributed by atoms with Gasteiger partial charge < -0.3 is 10.4 Å². The minimum Gasteiger partial charge on any atom is -0.480 e. The fourth-order valence-corrected chi connectivity index (χ4v) is 2.59. The maximum atomic E-state index is 12.3. The number of nitrogens with zero attached hydrogens (tertiary/aromatic N) is 1. The fraction of sp³-hybridized carbons (Fsp3) is 0.429. The number of fused-ring (bicyclic) bond motifs is 1. The molecule has 1 heterocycles. The van der Waals surface area contributed by atoms with Gasteiger partial charge in [0.05, 0.1) is 0 Å². The molecule has 3 atom stereocenters. The summed E-state index contributed by atoms with van der Waals surface area (Å²) in [5.74, 6) is -0.472. The summed E-state index contributed by atoms with van der Waals surface area (Å²) in [5, 5.41) is 12.2. The molecule has 100 valence electrons. The van der Waals surface area contributed by atoms with Gasteiger partial charge in [0.15, 0.2) is 0 Å². The first-order valence-electron chi connectivity index (χ1n) is 6.48. The van der Waals surface area contributed by atoms with E-state index in [9.17, 15) is 14.7 Å². The maximum absolute atomic E-state index is 12.3. The molecule has 0 spiro atoms. The van der Waals surface area contributed by atoms with Gasteiger partial charge in [-0.25, -0.2) is 9.59 Å². The summed E-state index contributed by atoms with van der Waals surface area (Å²) < 4.78 is 0. The Balaban J connectivity index is 1.87. The molecule has 19 heavy (non-hydrogen) atoms. The maximum Gasteiger partial charge on any atom is 0.327 e. The van der Waals surface area contributed by atoms with Crippen molar-refractivity contribution in [2.75, 3.05) is 4.90 Å². The van der Waals surface area contributed by atoms with Crippen LogP contribution in [-0.2, 0) is 11.2 Å². The van der Waals surface area contributed by atoms with Crippen molar-refractivity contribution in [1.29, 1.82) is 0 Å². The molecule has 5 nitrogen and oxygen atoms in total. The minimum absolute atomic E-state index is 0.190. The zero-order valence-electron chi connectivity index (χ0n) is 10.7. The smallest absolute Gasteiger partial charge is 0.327 e. The number of urea groups is 1. The highest BCUT2D eigenvalue weighted by Crippen LogP contribution is 2.34. The minimum atomic E-state index is -0.963. The molecule has 0 aromatic heterocycles. The average Bonchev–Trinajstić information content (AvgIpc) is 2.93. The third kappa shape index (κ3) is 2.05. The lowest BCUT2D eigenvalue weighted by Crippen LogP contribution is -2.48. The summed E-state index contributed by atoms with van der Waals surface area (Å²) in [4.78, 5) is 25.0. The van der Waals surface area contributed by atoms with Crippen LogP contribution in [0.3, 0.4) is 0 Å². The van der Waals surface area contributed by atoms with Gasteiger partial charge in [0, 0.05) is 18.2 Å². The molecule has 0 saturated heterocycles. The second-order valence-electron chi connectivity index (χ2n) is 5.33. The Hall–Kier alpha value is -2.04. The number of anilines is 1. The van der Waals surface area contributed by atoms with E-state index < -0.39 is 12.0 Å². The van der Waals surface area contributed by atoms with Crippen molar-refractivity contribution in [2.45, 2.75) is 31.8 Å². The summed E-state index contributed by atoms with van der Waals surface area (Å²) in [6, 6.07) is 6.45. The molecule has 1 saturated carbocycles. The number of benzene rings is 1. The lowest BCUT2D eigenvalue weighted by molar-refractivity contribution is -0.138. The van der Waals surface area contributed by atoms with E-state index in [1.165, 1.54) is 4.90 Å². The van der Waals surface area contributed by atoms with Gasteiger partial charge in [-0.1, -0.05) is 25.1 Å². The Morgan fingerprint density at radius 1 is 1.37 bits per heavy atom. The third-order valence-corrected chi connectivity index (χ3v) is 3.90. The Morgan fingerprint density at radius 2 is 2.05 bits per heavy atom. The van der Waals surface area contributed by atoms with Crippen LogP contribution in [0.5, 0.6) is 0 Å². The SMILES string of the molecule is CC1CC1NC(=O)N1c2ccccc2C[C@H]1C(=O)O. The van der Waals surface area contributed by atoms with Crippen molar-refractivity contribution in [1.82, 2.24) is 5.32 Å². The van der Waals surface area contributed by atoms with Crippen LogP contribution < -0.4 is 10.2 Å². The Morgan fingerprint density at radius 3 is 2.68 bits per heavy atom. The van der Waals surface area contributed by atoms with E-state index in [1.54, 1.807) is 6.07 Å². The van der Waals surface area contributed by atoms with Crippen molar-refractivity contribution < 1.29 is 14.7 Å². The van der Waals surface area contributed by atoms with E-state index in [-0.39, 0.29) is 12.1 Å². The average molecular weight is 260 g/mol. The zero-order chi connectivity index (χ0) is 13.6. The predicted octanol–water partition coefficient (Wildman–Crippen LogP) is 1.62. The van der Waals surface area contributed by atoms with E-state index in [1.807, 2.05) is 18.2 Å². The van der Waals surface area contributed by atoms with Gasteiger partial charge in [-0.3, -0.25) is 4.90 Å². The molecule has 1 aromatic rings. The molecule has 2 aliphatic rings. The lowest BCUT2D eigenvalue weighted by Gasteiger charge is -2.23. The molecule has 5 heteroatoms. The highest BCUT2D eigenvalue weighted by molar-refractivity contribution is 6.01. The van der Waals surface area contributed by atoms with E-state index in [0.717, 1.165) is 12.0 Å². The molecular weight excluding hydrogens is 244 g/mol. The van der Waals surface area contributed by atoms with Crippen LogP contribution in [0.25, 0.3) is 0 Å². The van der Waals surface area contributed by atoms with E-state index in [4.69, 9.17) is 0 Å². The number of rotatable bonds is 2. The van der Waals surface area contributed by atoms with Crippen LogP contribution in [0.15, 0.2) is 24.3 Å². The Labute approximate surface area is 111 Å². The second-order valence-corrected chi connectivity index (χ2v) is 5.33. The molecule has 1 aliphatic heterocycles. The summed E-state index contributed by atoms with van der Waals surface area (Å²) in [6.45, 7) is 2.07. The first kappa shape index (κ1) is 12.0. The molecule has 1 aromatic carbocycles. The van der Waals surface area contributed by atoms with Crippen LogP contribution in [-0.4, -0.2) is 29.2 Å².